The quantitative estimate of drug-likeness (QED) is 0.667. The molecule has 0 aromatic carbocycles. The largest absolute Gasteiger partial charge is 0.289 e. The normalized spacial score (nSPS) is 33.7. The lowest BCUT2D eigenvalue weighted by Crippen LogP contribution is -2.20. The molecule has 1 saturated carbocycles. The van der Waals surface area contributed by atoms with Crippen LogP contribution in [0.2, 0.25) is 0 Å². The molecule has 2 fully saturated rings. The molecule has 1 saturated heterocycles. The van der Waals surface area contributed by atoms with Gasteiger partial charge in [0.1, 0.15) is 11.5 Å². The predicted molar refractivity (Wildman–Crippen MR) is 65.0 cm³/mol. The minimum absolute atomic E-state index is 0.430. The van der Waals surface area contributed by atoms with Gasteiger partial charge in [-0.1, -0.05) is 18.2 Å². The molecule has 0 aromatic rings. The molecule has 0 N–H and O–H groups in total. The van der Waals surface area contributed by atoms with Gasteiger partial charge in [-0.2, -0.15) is 0 Å². The molecule has 2 heteroatoms. The van der Waals surface area contributed by atoms with Crippen molar-refractivity contribution in [2.45, 2.75) is 19.3 Å². The Morgan fingerprint density at radius 3 is 3.00 bits per heavy atom. The van der Waals surface area contributed by atoms with Gasteiger partial charge in [-0.15, -0.1) is 0 Å². The summed E-state index contributed by atoms with van der Waals surface area (Å²) >= 11 is 0. The van der Waals surface area contributed by atoms with Crippen LogP contribution < -0.4 is 0 Å². The van der Waals surface area contributed by atoms with Gasteiger partial charge in [0.25, 0.3) is 0 Å². The molecule has 2 atom stereocenters. The van der Waals surface area contributed by atoms with Crippen LogP contribution in [0.25, 0.3) is 0 Å². The maximum atomic E-state index is 12.1. The van der Waals surface area contributed by atoms with E-state index in [9.17, 15) is 4.79 Å². The summed E-state index contributed by atoms with van der Waals surface area (Å²) in [5, 5.41) is 0. The average Bonchev–Trinajstić information content (AvgIpc) is 2.87. The Bertz CT molecular complexity index is 336. The maximum Gasteiger partial charge on any atom is 0.208 e. The Balaban J connectivity index is 1.64. The van der Waals surface area contributed by atoms with Crippen molar-refractivity contribution in [2.75, 3.05) is 17.3 Å². The third-order valence-corrected chi connectivity index (χ3v) is 6.05. The molecule has 2 aliphatic carbocycles. The topological polar surface area (TPSA) is 17.1 Å². The molecule has 1 aliphatic heterocycles. The highest BCUT2D eigenvalue weighted by Gasteiger charge is 2.43. The van der Waals surface area contributed by atoms with Gasteiger partial charge in [-0.25, -0.2) is 0 Å². The number of carbonyl (C=O) groups excluding carboxylic acids is 1. The van der Waals surface area contributed by atoms with Crippen molar-refractivity contribution < 1.29 is 4.79 Å². The van der Waals surface area contributed by atoms with Crippen LogP contribution in [0.15, 0.2) is 23.8 Å². The van der Waals surface area contributed by atoms with Crippen LogP contribution in [0, 0.1) is 11.8 Å². The number of hydrogen-bond donors (Lipinski definition) is 0. The first kappa shape index (κ1) is 9.71. The van der Waals surface area contributed by atoms with Crippen molar-refractivity contribution in [2.24, 2.45) is 11.8 Å². The van der Waals surface area contributed by atoms with Gasteiger partial charge in [0.15, 0.2) is 5.75 Å². The van der Waals surface area contributed by atoms with E-state index in [0.29, 0.717) is 28.5 Å². The molecule has 1 nitrogen and oxygen atoms in total. The van der Waals surface area contributed by atoms with Crippen molar-refractivity contribution in [1.82, 2.24) is 0 Å². The third-order valence-electron chi connectivity index (χ3n) is 3.65. The third kappa shape index (κ3) is 1.92. The molecule has 0 bridgehead atoms. The van der Waals surface area contributed by atoms with Crippen molar-refractivity contribution in [3.8, 4) is 0 Å². The van der Waals surface area contributed by atoms with E-state index >= 15 is 0 Å². The summed E-state index contributed by atoms with van der Waals surface area (Å²) in [4.78, 5) is 12.1. The lowest BCUT2D eigenvalue weighted by atomic mass is 10.0. The Kier molecular flexibility index (Phi) is 2.47. The minimum atomic E-state index is 0.430. The van der Waals surface area contributed by atoms with E-state index in [0.717, 1.165) is 11.3 Å². The van der Waals surface area contributed by atoms with Crippen LogP contribution in [-0.2, 0) is 15.7 Å². The minimum Gasteiger partial charge on any atom is -0.289 e. The summed E-state index contributed by atoms with van der Waals surface area (Å²) < 4.78 is 0. The molecule has 80 valence electrons. The Labute approximate surface area is 94.0 Å². The summed E-state index contributed by atoms with van der Waals surface area (Å²) in [6, 6.07) is 0. The zero-order chi connectivity index (χ0) is 10.3. The number of hydrogen-bond acceptors (Lipinski definition) is 1. The lowest BCUT2D eigenvalue weighted by molar-refractivity contribution is -0.113. The summed E-state index contributed by atoms with van der Waals surface area (Å²) in [7, 11) is 0.430. The molecule has 15 heavy (non-hydrogen) atoms. The van der Waals surface area contributed by atoms with E-state index in [1.165, 1.54) is 30.8 Å². The van der Waals surface area contributed by atoms with Crippen molar-refractivity contribution >= 4 is 16.7 Å². The Morgan fingerprint density at radius 2 is 2.20 bits per heavy atom. The van der Waals surface area contributed by atoms with E-state index in [4.69, 9.17) is 0 Å². The van der Waals surface area contributed by atoms with Crippen molar-refractivity contribution in [1.29, 1.82) is 0 Å². The molecule has 0 spiro atoms. The van der Waals surface area contributed by atoms with E-state index in [1.807, 2.05) is 0 Å². The zero-order valence-electron chi connectivity index (χ0n) is 8.95. The molecular formula is C13H17OS+. The highest BCUT2D eigenvalue weighted by Crippen LogP contribution is 2.47. The highest BCUT2D eigenvalue weighted by atomic mass is 32.2. The Morgan fingerprint density at radius 1 is 1.40 bits per heavy atom. The first-order chi connectivity index (χ1) is 7.34. The van der Waals surface area contributed by atoms with Gasteiger partial charge in [0, 0.05) is 5.57 Å². The van der Waals surface area contributed by atoms with Gasteiger partial charge < -0.3 is 0 Å². The molecule has 0 amide bonds. The zero-order valence-corrected chi connectivity index (χ0v) is 9.76. The molecule has 2 unspecified atom stereocenters. The molecule has 3 rings (SSSR count). The van der Waals surface area contributed by atoms with Crippen LogP contribution >= 0.6 is 0 Å². The summed E-state index contributed by atoms with van der Waals surface area (Å²) in [6.45, 7) is 0. The fourth-order valence-corrected chi connectivity index (χ4v) is 4.89. The number of Topliss-reactive ketones (excluding diaryl/α,β-unsaturated/α-hetero) is 1. The van der Waals surface area contributed by atoms with Gasteiger partial charge >= 0.3 is 0 Å². The fourth-order valence-electron chi connectivity index (χ4n) is 2.64. The van der Waals surface area contributed by atoms with E-state index < -0.39 is 0 Å². The van der Waals surface area contributed by atoms with E-state index in [1.54, 1.807) is 0 Å². The van der Waals surface area contributed by atoms with Crippen LogP contribution in [0.5, 0.6) is 0 Å². The molecule has 1 heterocycles. The van der Waals surface area contributed by atoms with Crippen LogP contribution in [0.3, 0.4) is 0 Å². The summed E-state index contributed by atoms with van der Waals surface area (Å²) in [6.07, 6.45) is 10.3. The summed E-state index contributed by atoms with van der Waals surface area (Å²) in [5.41, 5.74) is 1.14. The molecule has 0 aromatic heterocycles. The standard InChI is InChI=1S/C13H17OS/c14-13(9-15-6-1-2-7-15)11-5-3-4-10-8-12(10)11/h3-5,10,12H,1-2,6-9H2/q+1. The number of carbonyl (C=O) groups is 1. The first-order valence-corrected chi connectivity index (χ1v) is 7.63. The van der Waals surface area contributed by atoms with Gasteiger partial charge in [0.05, 0.1) is 0 Å². The van der Waals surface area contributed by atoms with E-state index in [-0.39, 0.29) is 0 Å². The second kappa shape index (κ2) is 3.82. The van der Waals surface area contributed by atoms with Gasteiger partial charge in [-0.05, 0) is 42.0 Å². The summed E-state index contributed by atoms with van der Waals surface area (Å²) in [5.74, 6) is 5.24. The lowest BCUT2D eigenvalue weighted by Gasteiger charge is -2.06. The van der Waals surface area contributed by atoms with Crippen LogP contribution in [0.4, 0.5) is 0 Å². The number of fused-ring (bicyclic) bond motifs is 1. The smallest absolute Gasteiger partial charge is 0.208 e. The average molecular weight is 221 g/mol. The number of rotatable bonds is 3. The molecular weight excluding hydrogens is 204 g/mol. The first-order valence-electron chi connectivity index (χ1n) is 5.90. The second-order valence-electron chi connectivity index (χ2n) is 4.81. The highest BCUT2D eigenvalue weighted by molar-refractivity contribution is 7.97. The molecule has 0 radical (unpaired) electrons. The van der Waals surface area contributed by atoms with Crippen LogP contribution in [0.1, 0.15) is 19.3 Å². The predicted octanol–water partition coefficient (Wildman–Crippen LogP) is 2.10. The van der Waals surface area contributed by atoms with Crippen molar-refractivity contribution in [3.05, 3.63) is 23.8 Å². The SMILES string of the molecule is O=C(C[S+]1CCCC1)C1=CC=CC2CC12. The van der Waals surface area contributed by atoms with Gasteiger partial charge in [0.2, 0.25) is 5.78 Å². The molecule has 3 aliphatic rings. The van der Waals surface area contributed by atoms with Crippen molar-refractivity contribution in [3.63, 3.8) is 0 Å². The monoisotopic (exact) mass is 221 g/mol. The fraction of sp³-hybridized carbons (Fsp3) is 0.615. The van der Waals surface area contributed by atoms with Crippen LogP contribution in [-0.4, -0.2) is 23.0 Å². The number of ketones is 1. The number of allylic oxidation sites excluding steroid dienone is 4. The maximum absolute atomic E-state index is 12.1. The van der Waals surface area contributed by atoms with Gasteiger partial charge in [-0.3, -0.25) is 4.79 Å². The Hall–Kier alpha value is -0.500. The second-order valence-corrected chi connectivity index (χ2v) is 7.14. The van der Waals surface area contributed by atoms with E-state index in [2.05, 4.69) is 18.2 Å².